The fraction of sp³-hybridized carbons (Fsp3) is 0.154. The summed E-state index contributed by atoms with van der Waals surface area (Å²) in [6.45, 7) is 3.75. The number of aryl methyl sites for hydroxylation is 2. The number of hydrogen-bond acceptors (Lipinski definition) is 5. The monoisotopic (exact) mass is 257 g/mol. The van der Waals surface area contributed by atoms with Crippen LogP contribution in [0.4, 0.5) is 11.4 Å². The number of nitrogens with one attached hydrogen (secondary N) is 2. The highest BCUT2D eigenvalue weighted by Gasteiger charge is 2.09. The average molecular weight is 257 g/mol. The molecule has 0 saturated heterocycles. The molecule has 2 aromatic rings. The highest BCUT2D eigenvalue weighted by atomic mass is 16.1. The summed E-state index contributed by atoms with van der Waals surface area (Å²) in [5, 5.41) is 2.78. The molecule has 0 unspecified atom stereocenters. The Morgan fingerprint density at radius 1 is 1.21 bits per heavy atom. The van der Waals surface area contributed by atoms with E-state index in [9.17, 15) is 4.79 Å². The Bertz CT molecular complexity index is 594. The van der Waals surface area contributed by atoms with E-state index in [1.165, 1.54) is 6.20 Å². The van der Waals surface area contributed by atoms with Crippen molar-refractivity contribution in [3.63, 3.8) is 0 Å². The van der Waals surface area contributed by atoms with Crippen LogP contribution in [-0.4, -0.2) is 15.9 Å². The predicted octanol–water partition coefficient (Wildman–Crippen LogP) is 1.63. The van der Waals surface area contributed by atoms with Crippen LogP contribution < -0.4 is 16.6 Å². The maximum atomic E-state index is 12.0. The maximum absolute atomic E-state index is 12.0. The van der Waals surface area contributed by atoms with Crippen LogP contribution in [0.25, 0.3) is 0 Å². The number of pyridine rings is 2. The van der Waals surface area contributed by atoms with Crippen molar-refractivity contribution < 1.29 is 4.79 Å². The average Bonchev–Trinajstić information content (AvgIpc) is 2.42. The van der Waals surface area contributed by atoms with Crippen molar-refractivity contribution in [2.45, 2.75) is 13.8 Å². The number of amides is 1. The SMILES string of the molecule is Cc1ccc(NC(=O)c2ccc(NN)cn2)c(C)n1. The van der Waals surface area contributed by atoms with Gasteiger partial charge in [-0.2, -0.15) is 0 Å². The summed E-state index contributed by atoms with van der Waals surface area (Å²) < 4.78 is 0. The largest absolute Gasteiger partial charge is 0.323 e. The Morgan fingerprint density at radius 3 is 2.58 bits per heavy atom. The lowest BCUT2D eigenvalue weighted by Gasteiger charge is -2.08. The van der Waals surface area contributed by atoms with E-state index in [1.807, 2.05) is 26.0 Å². The molecule has 19 heavy (non-hydrogen) atoms. The molecule has 0 saturated carbocycles. The van der Waals surface area contributed by atoms with Crippen LogP contribution in [-0.2, 0) is 0 Å². The van der Waals surface area contributed by atoms with Gasteiger partial charge in [-0.25, -0.2) is 4.98 Å². The quantitative estimate of drug-likeness (QED) is 0.574. The second-order valence-corrected chi connectivity index (χ2v) is 4.12. The van der Waals surface area contributed by atoms with Gasteiger partial charge in [0.15, 0.2) is 0 Å². The Morgan fingerprint density at radius 2 is 2.00 bits per heavy atom. The lowest BCUT2D eigenvalue weighted by atomic mass is 10.2. The van der Waals surface area contributed by atoms with Crippen LogP contribution in [0.2, 0.25) is 0 Å². The molecule has 98 valence electrons. The molecule has 2 aromatic heterocycles. The first-order valence-electron chi connectivity index (χ1n) is 5.78. The van der Waals surface area contributed by atoms with Crippen molar-refractivity contribution >= 4 is 17.3 Å². The molecule has 6 nitrogen and oxygen atoms in total. The fourth-order valence-electron chi connectivity index (χ4n) is 1.62. The van der Waals surface area contributed by atoms with Crippen molar-refractivity contribution in [1.82, 2.24) is 9.97 Å². The van der Waals surface area contributed by atoms with Gasteiger partial charge in [0.2, 0.25) is 0 Å². The van der Waals surface area contributed by atoms with Crippen molar-refractivity contribution in [3.05, 3.63) is 47.5 Å². The molecular weight excluding hydrogens is 242 g/mol. The van der Waals surface area contributed by atoms with Crippen LogP contribution in [0.15, 0.2) is 30.5 Å². The summed E-state index contributed by atoms with van der Waals surface area (Å²) in [6.07, 6.45) is 1.50. The van der Waals surface area contributed by atoms with Crippen LogP contribution >= 0.6 is 0 Å². The third kappa shape index (κ3) is 3.05. The number of carbonyl (C=O) groups excluding carboxylic acids is 1. The van der Waals surface area contributed by atoms with Crippen LogP contribution in [0.1, 0.15) is 21.9 Å². The number of carbonyl (C=O) groups is 1. The Hall–Kier alpha value is -2.47. The van der Waals surface area contributed by atoms with E-state index in [2.05, 4.69) is 20.7 Å². The molecule has 2 rings (SSSR count). The Kier molecular flexibility index (Phi) is 3.72. The summed E-state index contributed by atoms with van der Waals surface area (Å²) in [5.41, 5.74) is 5.78. The van der Waals surface area contributed by atoms with E-state index in [0.29, 0.717) is 17.1 Å². The van der Waals surface area contributed by atoms with Gasteiger partial charge in [-0.3, -0.25) is 15.6 Å². The molecule has 4 N–H and O–H groups in total. The number of hydrogen-bond donors (Lipinski definition) is 3. The van der Waals surface area contributed by atoms with E-state index in [1.54, 1.807) is 12.1 Å². The Balaban J connectivity index is 2.15. The summed E-state index contributed by atoms with van der Waals surface area (Å²) in [5.74, 6) is 4.95. The molecule has 1 amide bonds. The first kappa shape index (κ1) is 13.0. The zero-order chi connectivity index (χ0) is 13.8. The summed E-state index contributed by atoms with van der Waals surface area (Å²) in [7, 11) is 0. The standard InChI is InChI=1S/C13H15N5O/c1-8-3-5-11(9(2)16-8)17-13(19)12-6-4-10(18-14)7-15-12/h3-7,18H,14H2,1-2H3,(H,17,19). The van der Waals surface area contributed by atoms with Gasteiger partial charge in [-0.15, -0.1) is 0 Å². The molecule has 6 heteroatoms. The summed E-state index contributed by atoms with van der Waals surface area (Å²) >= 11 is 0. The number of anilines is 2. The van der Waals surface area contributed by atoms with Crippen LogP contribution in [0.5, 0.6) is 0 Å². The van der Waals surface area contributed by atoms with E-state index in [-0.39, 0.29) is 5.91 Å². The topological polar surface area (TPSA) is 92.9 Å². The minimum Gasteiger partial charge on any atom is -0.323 e. The lowest BCUT2D eigenvalue weighted by molar-refractivity contribution is 0.102. The fourth-order valence-corrected chi connectivity index (χ4v) is 1.62. The first-order chi connectivity index (χ1) is 9.10. The highest BCUT2D eigenvalue weighted by molar-refractivity contribution is 6.03. The van der Waals surface area contributed by atoms with Crippen molar-refractivity contribution in [2.75, 3.05) is 10.7 Å². The van der Waals surface area contributed by atoms with E-state index in [0.717, 1.165) is 11.4 Å². The molecule has 0 bridgehead atoms. The zero-order valence-corrected chi connectivity index (χ0v) is 10.8. The van der Waals surface area contributed by atoms with E-state index >= 15 is 0 Å². The lowest BCUT2D eigenvalue weighted by Crippen LogP contribution is -2.15. The van der Waals surface area contributed by atoms with E-state index in [4.69, 9.17) is 5.84 Å². The molecular formula is C13H15N5O. The molecule has 2 heterocycles. The van der Waals surface area contributed by atoms with Gasteiger partial charge in [0, 0.05) is 5.69 Å². The highest BCUT2D eigenvalue weighted by Crippen LogP contribution is 2.14. The van der Waals surface area contributed by atoms with E-state index < -0.39 is 0 Å². The summed E-state index contributed by atoms with van der Waals surface area (Å²) in [4.78, 5) is 20.3. The van der Waals surface area contributed by atoms with Crippen molar-refractivity contribution in [1.29, 1.82) is 0 Å². The van der Waals surface area contributed by atoms with Gasteiger partial charge in [-0.1, -0.05) is 0 Å². The van der Waals surface area contributed by atoms with Gasteiger partial charge < -0.3 is 10.7 Å². The Labute approximate surface area is 111 Å². The number of aromatic nitrogens is 2. The minimum absolute atomic E-state index is 0.280. The second-order valence-electron chi connectivity index (χ2n) is 4.12. The van der Waals surface area contributed by atoms with Crippen molar-refractivity contribution in [3.8, 4) is 0 Å². The van der Waals surface area contributed by atoms with Gasteiger partial charge >= 0.3 is 0 Å². The van der Waals surface area contributed by atoms with Crippen LogP contribution in [0, 0.1) is 13.8 Å². The van der Waals surface area contributed by atoms with Crippen LogP contribution in [0.3, 0.4) is 0 Å². The molecule has 0 aliphatic carbocycles. The van der Waals surface area contributed by atoms with Gasteiger partial charge in [-0.05, 0) is 38.1 Å². The van der Waals surface area contributed by atoms with Gasteiger partial charge in [0.25, 0.3) is 5.91 Å². The van der Waals surface area contributed by atoms with Crippen molar-refractivity contribution in [2.24, 2.45) is 5.84 Å². The van der Waals surface area contributed by atoms with Gasteiger partial charge in [0.05, 0.1) is 23.3 Å². The normalized spacial score (nSPS) is 10.1. The van der Waals surface area contributed by atoms with Gasteiger partial charge in [0.1, 0.15) is 5.69 Å². The summed E-state index contributed by atoms with van der Waals surface area (Å²) in [6, 6.07) is 6.95. The molecule has 0 fully saturated rings. The molecule has 0 radical (unpaired) electrons. The second kappa shape index (κ2) is 5.45. The third-order valence-corrected chi connectivity index (χ3v) is 2.64. The minimum atomic E-state index is -0.280. The molecule has 0 aliphatic heterocycles. The molecule has 0 aliphatic rings. The maximum Gasteiger partial charge on any atom is 0.274 e. The number of nitrogens with two attached hydrogens (primary N) is 1. The third-order valence-electron chi connectivity index (χ3n) is 2.64. The predicted molar refractivity (Wildman–Crippen MR) is 73.7 cm³/mol. The number of nitrogens with zero attached hydrogens (tertiary/aromatic N) is 2. The first-order valence-corrected chi connectivity index (χ1v) is 5.78. The number of hydrazine groups is 1. The molecule has 0 atom stereocenters. The smallest absolute Gasteiger partial charge is 0.274 e. The number of rotatable bonds is 3. The zero-order valence-electron chi connectivity index (χ0n) is 10.8. The molecule has 0 spiro atoms. The molecule has 0 aromatic carbocycles. The number of nitrogen functional groups attached to an aromatic ring is 1.